The van der Waals surface area contributed by atoms with E-state index in [1.54, 1.807) is 24.3 Å². The van der Waals surface area contributed by atoms with E-state index in [0.717, 1.165) is 0 Å². The lowest BCUT2D eigenvalue weighted by Crippen LogP contribution is -2.11. The third-order valence-corrected chi connectivity index (χ3v) is 1.55. The van der Waals surface area contributed by atoms with E-state index in [1.165, 1.54) is 0 Å². The van der Waals surface area contributed by atoms with Gasteiger partial charge >= 0.3 is 0 Å². The molecule has 1 rings (SSSR count). The van der Waals surface area contributed by atoms with Crippen molar-refractivity contribution in [1.82, 2.24) is 0 Å². The molecule has 0 amide bonds. The summed E-state index contributed by atoms with van der Waals surface area (Å²) in [5, 5.41) is 9.23. The molecule has 5 heteroatoms. The van der Waals surface area contributed by atoms with E-state index < -0.39 is 5.83 Å². The van der Waals surface area contributed by atoms with Gasteiger partial charge in [0, 0.05) is 11.4 Å². The van der Waals surface area contributed by atoms with Crippen LogP contribution in [0.1, 0.15) is 0 Å². The van der Waals surface area contributed by atoms with Crippen LogP contribution in [0.3, 0.4) is 0 Å². The second-order valence-corrected chi connectivity index (χ2v) is 2.66. The maximum Gasteiger partial charge on any atom is 0.180 e. The van der Waals surface area contributed by atoms with Gasteiger partial charge in [0.25, 0.3) is 0 Å². The molecule has 0 atom stereocenters. The second-order valence-electron chi connectivity index (χ2n) is 2.66. The molecule has 0 saturated carbocycles. The number of benzene rings is 1. The second kappa shape index (κ2) is 4.27. The van der Waals surface area contributed by atoms with E-state index >= 15 is 0 Å². The lowest BCUT2D eigenvalue weighted by molar-refractivity contribution is 0.672. The van der Waals surface area contributed by atoms with Crippen molar-refractivity contribution < 1.29 is 4.39 Å². The molecule has 1 aromatic carbocycles. The Morgan fingerprint density at radius 2 is 2.21 bits per heavy atom. The maximum atomic E-state index is 12.7. The number of nitrogens with one attached hydrogen (secondary N) is 2. The summed E-state index contributed by atoms with van der Waals surface area (Å²) >= 11 is 0. The summed E-state index contributed by atoms with van der Waals surface area (Å²) in [6, 6.07) is 6.73. The van der Waals surface area contributed by atoms with Gasteiger partial charge in [-0.05, 0) is 18.2 Å². The predicted octanol–water partition coefficient (Wildman–Crippen LogP) is 1.43. The zero-order valence-corrected chi connectivity index (χ0v) is 7.42. The Kier molecular flexibility index (Phi) is 3.06. The number of allylic oxidation sites excluding steroid dienone is 1. The monoisotopic (exact) mass is 194 g/mol. The SMILES string of the molecule is N=C/C(F)=C(\N)Nc1cccc(N)c1. The molecule has 0 unspecified atom stereocenters. The third-order valence-electron chi connectivity index (χ3n) is 1.55. The highest BCUT2D eigenvalue weighted by molar-refractivity contribution is 5.75. The van der Waals surface area contributed by atoms with E-state index in [0.29, 0.717) is 17.6 Å². The van der Waals surface area contributed by atoms with Crippen LogP contribution in [-0.2, 0) is 0 Å². The number of nitrogens with two attached hydrogens (primary N) is 2. The van der Waals surface area contributed by atoms with Gasteiger partial charge < -0.3 is 22.2 Å². The van der Waals surface area contributed by atoms with Gasteiger partial charge in [-0.15, -0.1) is 0 Å². The first-order valence-electron chi connectivity index (χ1n) is 3.92. The molecule has 0 spiro atoms. The van der Waals surface area contributed by atoms with Crippen molar-refractivity contribution in [1.29, 1.82) is 5.41 Å². The van der Waals surface area contributed by atoms with Crippen LogP contribution in [0.15, 0.2) is 35.9 Å². The normalized spacial score (nSPS) is 11.8. The molecule has 0 fully saturated rings. The fourth-order valence-electron chi connectivity index (χ4n) is 0.909. The smallest absolute Gasteiger partial charge is 0.180 e. The van der Waals surface area contributed by atoms with Crippen LogP contribution in [0, 0.1) is 5.41 Å². The first-order valence-corrected chi connectivity index (χ1v) is 3.92. The molecule has 0 aromatic heterocycles. The fourth-order valence-corrected chi connectivity index (χ4v) is 0.909. The largest absolute Gasteiger partial charge is 0.399 e. The van der Waals surface area contributed by atoms with E-state index in [-0.39, 0.29) is 5.82 Å². The summed E-state index contributed by atoms with van der Waals surface area (Å²) < 4.78 is 12.7. The van der Waals surface area contributed by atoms with Crippen molar-refractivity contribution in [2.24, 2.45) is 5.73 Å². The Hall–Kier alpha value is -2.04. The molecule has 74 valence electrons. The molecule has 6 N–H and O–H groups in total. The number of rotatable bonds is 3. The van der Waals surface area contributed by atoms with Crippen molar-refractivity contribution in [2.75, 3.05) is 11.1 Å². The van der Waals surface area contributed by atoms with E-state index in [9.17, 15) is 4.39 Å². The molecule has 0 radical (unpaired) electrons. The number of hydrogen-bond donors (Lipinski definition) is 4. The summed E-state index contributed by atoms with van der Waals surface area (Å²) in [4.78, 5) is 0. The van der Waals surface area contributed by atoms with Gasteiger partial charge in [-0.2, -0.15) is 0 Å². The van der Waals surface area contributed by atoms with Gasteiger partial charge in [0.2, 0.25) is 0 Å². The highest BCUT2D eigenvalue weighted by Gasteiger charge is 1.99. The highest BCUT2D eigenvalue weighted by atomic mass is 19.1. The van der Waals surface area contributed by atoms with Crippen molar-refractivity contribution in [2.45, 2.75) is 0 Å². The summed E-state index contributed by atoms with van der Waals surface area (Å²) in [6.45, 7) is 0. The Morgan fingerprint density at radius 1 is 1.50 bits per heavy atom. The van der Waals surface area contributed by atoms with Crippen LogP contribution in [-0.4, -0.2) is 6.21 Å². The first kappa shape index (κ1) is 10.0. The minimum atomic E-state index is -0.813. The maximum absolute atomic E-state index is 12.7. The number of halogens is 1. The molecular formula is C9H11FN4. The van der Waals surface area contributed by atoms with Crippen LogP contribution < -0.4 is 16.8 Å². The fraction of sp³-hybridized carbons (Fsp3) is 0. The molecule has 0 aliphatic heterocycles. The average molecular weight is 194 g/mol. The highest BCUT2D eigenvalue weighted by Crippen LogP contribution is 2.13. The number of hydrogen-bond acceptors (Lipinski definition) is 4. The lowest BCUT2D eigenvalue weighted by Gasteiger charge is -2.06. The molecule has 0 saturated heterocycles. The van der Waals surface area contributed by atoms with Crippen molar-refractivity contribution in [3.63, 3.8) is 0 Å². The molecule has 0 heterocycles. The summed E-state index contributed by atoms with van der Waals surface area (Å²) in [6.07, 6.45) is 0.536. The Labute approximate surface area is 80.9 Å². The molecule has 1 aromatic rings. The number of anilines is 2. The molecular weight excluding hydrogens is 183 g/mol. The zero-order chi connectivity index (χ0) is 10.6. The van der Waals surface area contributed by atoms with Crippen molar-refractivity contribution >= 4 is 17.6 Å². The zero-order valence-electron chi connectivity index (χ0n) is 7.42. The summed E-state index contributed by atoms with van der Waals surface area (Å²) in [5.41, 5.74) is 12.0. The minimum absolute atomic E-state index is 0.203. The van der Waals surface area contributed by atoms with Gasteiger partial charge in [0.05, 0.1) is 6.21 Å². The minimum Gasteiger partial charge on any atom is -0.399 e. The Balaban J connectivity index is 2.84. The van der Waals surface area contributed by atoms with Crippen LogP contribution in [0.5, 0.6) is 0 Å². The summed E-state index contributed by atoms with van der Waals surface area (Å²) in [5.74, 6) is -1.02. The molecule has 14 heavy (non-hydrogen) atoms. The van der Waals surface area contributed by atoms with Crippen LogP contribution in [0.2, 0.25) is 0 Å². The van der Waals surface area contributed by atoms with Crippen LogP contribution in [0.4, 0.5) is 15.8 Å². The predicted molar refractivity (Wildman–Crippen MR) is 55.6 cm³/mol. The lowest BCUT2D eigenvalue weighted by atomic mass is 10.3. The van der Waals surface area contributed by atoms with Crippen molar-refractivity contribution in [3.05, 3.63) is 35.9 Å². The van der Waals surface area contributed by atoms with Gasteiger partial charge in [0.15, 0.2) is 5.83 Å². The van der Waals surface area contributed by atoms with E-state index in [4.69, 9.17) is 16.9 Å². The quantitative estimate of drug-likeness (QED) is 0.433. The Morgan fingerprint density at radius 3 is 2.79 bits per heavy atom. The molecule has 0 aliphatic carbocycles. The van der Waals surface area contributed by atoms with Crippen LogP contribution in [0.25, 0.3) is 0 Å². The standard InChI is InChI=1S/C9H11FN4/c10-8(5-11)9(13)14-7-3-1-2-6(12)4-7/h1-5,11,14H,12-13H2/b9-8-,11-5?. The topological polar surface area (TPSA) is 87.9 Å². The third kappa shape index (κ3) is 2.48. The molecule has 4 nitrogen and oxygen atoms in total. The van der Waals surface area contributed by atoms with Gasteiger partial charge in [0.1, 0.15) is 5.82 Å². The van der Waals surface area contributed by atoms with E-state index in [2.05, 4.69) is 5.32 Å². The van der Waals surface area contributed by atoms with Crippen molar-refractivity contribution in [3.8, 4) is 0 Å². The van der Waals surface area contributed by atoms with Gasteiger partial charge in [-0.1, -0.05) is 6.07 Å². The van der Waals surface area contributed by atoms with Crippen LogP contribution >= 0.6 is 0 Å². The van der Waals surface area contributed by atoms with Gasteiger partial charge in [-0.25, -0.2) is 4.39 Å². The Bertz CT molecular complexity index is 373. The first-order chi connectivity index (χ1) is 6.63. The number of nitrogen functional groups attached to an aromatic ring is 1. The molecule has 0 bridgehead atoms. The average Bonchev–Trinajstić information content (AvgIpc) is 2.16. The van der Waals surface area contributed by atoms with E-state index in [1.807, 2.05) is 0 Å². The van der Waals surface area contributed by atoms with Gasteiger partial charge in [-0.3, -0.25) is 0 Å². The molecule has 0 aliphatic rings. The summed E-state index contributed by atoms with van der Waals surface area (Å²) in [7, 11) is 0.